The minimum atomic E-state index is -3.87. The molecule has 0 saturated carbocycles. The Balaban J connectivity index is 1.41. The lowest BCUT2D eigenvalue weighted by Gasteiger charge is -2.27. The van der Waals surface area contributed by atoms with Gasteiger partial charge in [0.2, 0.25) is 21.8 Å². The van der Waals surface area contributed by atoms with Crippen molar-refractivity contribution in [3.05, 3.63) is 48.0 Å². The molecule has 0 spiro atoms. The molecule has 1 atom stereocenters. The lowest BCUT2D eigenvalue weighted by Crippen LogP contribution is -2.39. The monoisotopic (exact) mass is 459 g/mol. The van der Waals surface area contributed by atoms with E-state index in [4.69, 9.17) is 9.47 Å². The normalized spacial score (nSPS) is 17.8. The van der Waals surface area contributed by atoms with E-state index in [1.165, 1.54) is 31.2 Å². The van der Waals surface area contributed by atoms with Crippen LogP contribution < -0.4 is 19.5 Å². The smallest absolute Gasteiger partial charge is 0.241 e. The fourth-order valence-electron chi connectivity index (χ4n) is 3.94. The second-order valence-electron chi connectivity index (χ2n) is 7.68. The molecule has 0 radical (unpaired) electrons. The zero-order valence-corrected chi connectivity index (χ0v) is 18.5. The molecule has 0 unspecified atom stereocenters. The number of sulfonamides is 1. The maximum absolute atomic E-state index is 12.9. The van der Waals surface area contributed by atoms with E-state index in [0.717, 1.165) is 18.4 Å². The molecule has 2 aromatic carbocycles. The van der Waals surface area contributed by atoms with Gasteiger partial charge in [-0.3, -0.25) is 9.59 Å². The SMILES string of the molecule is CC(=O)Nc1ccc(S(=O)(=O)NCC(=O)N2CCC[C@H]2c2ccc3c(c2)OCCO3)cc1. The number of amides is 2. The van der Waals surface area contributed by atoms with Crippen molar-refractivity contribution in [3.8, 4) is 11.5 Å². The summed E-state index contributed by atoms with van der Waals surface area (Å²) >= 11 is 0. The molecule has 1 fully saturated rings. The Morgan fingerprint density at radius 2 is 1.78 bits per heavy atom. The number of rotatable bonds is 6. The van der Waals surface area contributed by atoms with Crippen molar-refractivity contribution in [1.29, 1.82) is 0 Å². The van der Waals surface area contributed by atoms with E-state index in [1.807, 2.05) is 18.2 Å². The van der Waals surface area contributed by atoms with Crippen LogP contribution in [0.5, 0.6) is 11.5 Å². The van der Waals surface area contributed by atoms with E-state index >= 15 is 0 Å². The first-order valence-electron chi connectivity index (χ1n) is 10.4. The number of anilines is 1. The predicted molar refractivity (Wildman–Crippen MR) is 117 cm³/mol. The van der Waals surface area contributed by atoms with Gasteiger partial charge in [0.1, 0.15) is 13.2 Å². The third-order valence-electron chi connectivity index (χ3n) is 5.42. The number of hydrogen-bond acceptors (Lipinski definition) is 6. The van der Waals surface area contributed by atoms with Crippen molar-refractivity contribution in [2.45, 2.75) is 30.7 Å². The quantitative estimate of drug-likeness (QED) is 0.684. The number of carbonyl (C=O) groups excluding carboxylic acids is 2. The highest BCUT2D eigenvalue weighted by Crippen LogP contribution is 2.38. The fourth-order valence-corrected chi connectivity index (χ4v) is 4.92. The largest absolute Gasteiger partial charge is 0.486 e. The van der Waals surface area contributed by atoms with Crippen molar-refractivity contribution in [2.24, 2.45) is 0 Å². The maximum atomic E-state index is 12.9. The van der Waals surface area contributed by atoms with Gasteiger partial charge in [0, 0.05) is 19.2 Å². The van der Waals surface area contributed by atoms with Crippen LogP contribution in [0.15, 0.2) is 47.4 Å². The van der Waals surface area contributed by atoms with Crippen LogP contribution in [-0.2, 0) is 19.6 Å². The number of nitrogens with zero attached hydrogens (tertiary/aromatic N) is 1. The first-order valence-corrected chi connectivity index (χ1v) is 11.9. The molecule has 0 aromatic heterocycles. The Morgan fingerprint density at radius 1 is 1.06 bits per heavy atom. The summed E-state index contributed by atoms with van der Waals surface area (Å²) in [6.45, 7) is 2.59. The van der Waals surface area contributed by atoms with E-state index in [-0.39, 0.29) is 29.3 Å². The lowest BCUT2D eigenvalue weighted by atomic mass is 10.0. The molecule has 0 bridgehead atoms. The van der Waals surface area contributed by atoms with Gasteiger partial charge < -0.3 is 19.7 Å². The van der Waals surface area contributed by atoms with Gasteiger partial charge in [-0.1, -0.05) is 6.07 Å². The second-order valence-corrected chi connectivity index (χ2v) is 9.45. The zero-order chi connectivity index (χ0) is 22.7. The molecular weight excluding hydrogens is 434 g/mol. The van der Waals surface area contributed by atoms with Gasteiger partial charge in [-0.2, -0.15) is 0 Å². The number of likely N-dealkylation sites (tertiary alicyclic amines) is 1. The summed E-state index contributed by atoms with van der Waals surface area (Å²) in [5.41, 5.74) is 1.43. The van der Waals surface area contributed by atoms with E-state index in [1.54, 1.807) is 4.90 Å². The summed E-state index contributed by atoms with van der Waals surface area (Å²) in [4.78, 5) is 25.7. The number of carbonyl (C=O) groups is 2. The van der Waals surface area contributed by atoms with Crippen LogP contribution in [0.3, 0.4) is 0 Å². The van der Waals surface area contributed by atoms with Gasteiger partial charge in [0.05, 0.1) is 17.5 Å². The third kappa shape index (κ3) is 4.86. The number of fused-ring (bicyclic) bond motifs is 1. The first kappa shape index (κ1) is 22.1. The Morgan fingerprint density at radius 3 is 2.50 bits per heavy atom. The molecule has 2 aliphatic rings. The minimum absolute atomic E-state index is 0.0178. The van der Waals surface area contributed by atoms with Crippen molar-refractivity contribution >= 4 is 27.5 Å². The van der Waals surface area contributed by atoms with Crippen molar-refractivity contribution in [2.75, 3.05) is 31.6 Å². The molecule has 0 aliphatic carbocycles. The van der Waals surface area contributed by atoms with Gasteiger partial charge >= 0.3 is 0 Å². The summed E-state index contributed by atoms with van der Waals surface area (Å²) in [7, 11) is -3.87. The summed E-state index contributed by atoms with van der Waals surface area (Å²) in [6.07, 6.45) is 1.63. The van der Waals surface area contributed by atoms with Crippen LogP contribution in [0, 0.1) is 0 Å². The maximum Gasteiger partial charge on any atom is 0.241 e. The van der Waals surface area contributed by atoms with E-state index < -0.39 is 10.0 Å². The Labute approximate surface area is 186 Å². The van der Waals surface area contributed by atoms with Crippen LogP contribution >= 0.6 is 0 Å². The van der Waals surface area contributed by atoms with E-state index in [0.29, 0.717) is 36.9 Å². The molecule has 10 heteroatoms. The number of ether oxygens (including phenoxy) is 2. The third-order valence-corrected chi connectivity index (χ3v) is 6.84. The Hall–Kier alpha value is -3.11. The number of nitrogens with one attached hydrogen (secondary N) is 2. The van der Waals surface area contributed by atoms with Crippen molar-refractivity contribution in [3.63, 3.8) is 0 Å². The lowest BCUT2D eigenvalue weighted by molar-refractivity contribution is -0.130. The second kappa shape index (κ2) is 9.17. The average molecular weight is 460 g/mol. The molecule has 9 nitrogen and oxygen atoms in total. The summed E-state index contributed by atoms with van der Waals surface area (Å²) in [5.74, 6) is 0.813. The number of benzene rings is 2. The van der Waals surface area contributed by atoms with Crippen LogP contribution in [0.2, 0.25) is 0 Å². The van der Waals surface area contributed by atoms with Crippen LogP contribution in [-0.4, -0.2) is 51.4 Å². The van der Waals surface area contributed by atoms with Gasteiger partial charge in [0.25, 0.3) is 0 Å². The van der Waals surface area contributed by atoms with Crippen molar-refractivity contribution in [1.82, 2.24) is 9.62 Å². The predicted octanol–water partition coefficient (Wildman–Crippen LogP) is 2.06. The Kier molecular flexibility index (Phi) is 6.33. The van der Waals surface area contributed by atoms with E-state index in [2.05, 4.69) is 10.0 Å². The summed E-state index contributed by atoms with van der Waals surface area (Å²) in [6, 6.07) is 11.3. The molecule has 32 heavy (non-hydrogen) atoms. The summed E-state index contributed by atoms with van der Waals surface area (Å²) in [5, 5.41) is 2.58. The number of hydrogen-bond donors (Lipinski definition) is 2. The van der Waals surface area contributed by atoms with Crippen LogP contribution in [0.1, 0.15) is 31.4 Å². The Bertz CT molecular complexity index is 1120. The fraction of sp³-hybridized carbons (Fsp3) is 0.364. The van der Waals surface area contributed by atoms with Gasteiger partial charge in [0.15, 0.2) is 11.5 Å². The highest BCUT2D eigenvalue weighted by Gasteiger charge is 2.31. The first-order chi connectivity index (χ1) is 15.3. The molecule has 2 aromatic rings. The van der Waals surface area contributed by atoms with E-state index in [9.17, 15) is 18.0 Å². The van der Waals surface area contributed by atoms with Crippen LogP contribution in [0.4, 0.5) is 5.69 Å². The van der Waals surface area contributed by atoms with Gasteiger partial charge in [-0.25, -0.2) is 13.1 Å². The van der Waals surface area contributed by atoms with Gasteiger partial charge in [-0.05, 0) is 54.8 Å². The topological polar surface area (TPSA) is 114 Å². The zero-order valence-electron chi connectivity index (χ0n) is 17.7. The van der Waals surface area contributed by atoms with Gasteiger partial charge in [-0.15, -0.1) is 0 Å². The van der Waals surface area contributed by atoms with Crippen molar-refractivity contribution < 1.29 is 27.5 Å². The molecule has 2 heterocycles. The minimum Gasteiger partial charge on any atom is -0.486 e. The average Bonchev–Trinajstić information content (AvgIpc) is 3.27. The molecule has 2 N–H and O–H groups in total. The molecular formula is C22H25N3O6S. The molecule has 4 rings (SSSR count). The highest BCUT2D eigenvalue weighted by atomic mass is 32.2. The summed E-state index contributed by atoms with van der Waals surface area (Å²) < 4.78 is 38.8. The molecule has 2 amide bonds. The van der Waals surface area contributed by atoms with Crippen LogP contribution in [0.25, 0.3) is 0 Å². The molecule has 170 valence electrons. The highest BCUT2D eigenvalue weighted by molar-refractivity contribution is 7.89. The molecule has 2 aliphatic heterocycles. The standard InChI is InChI=1S/C22H25N3O6S/c1-15(26)24-17-5-7-18(8-6-17)32(28,29)23-14-22(27)25-10-2-3-19(25)16-4-9-20-21(13-16)31-12-11-30-20/h4-9,13,19,23H,2-3,10-12,14H2,1H3,(H,24,26)/t19-/m0/s1. The molecule has 1 saturated heterocycles.